The van der Waals surface area contributed by atoms with E-state index in [1.807, 2.05) is 12.1 Å². The second-order valence-corrected chi connectivity index (χ2v) is 4.67. The Bertz CT molecular complexity index is 868. The lowest BCUT2D eigenvalue weighted by molar-refractivity contribution is -0.140. The van der Waals surface area contributed by atoms with Crippen molar-refractivity contribution in [3.05, 3.63) is 12.1 Å². The summed E-state index contributed by atoms with van der Waals surface area (Å²) in [5.74, 6) is 1.93. The van der Waals surface area contributed by atoms with Gasteiger partial charge < -0.3 is 19.5 Å². The van der Waals surface area contributed by atoms with E-state index in [4.69, 9.17) is 14.2 Å². The Balaban J connectivity index is 1.65. The number of ether oxygens (including phenoxy) is 3. The van der Waals surface area contributed by atoms with Crippen molar-refractivity contribution in [1.82, 2.24) is 19.6 Å². The molecule has 0 aliphatic carbocycles. The Morgan fingerprint density at radius 2 is 2.23 bits per heavy atom. The molecule has 1 aromatic carbocycles. The normalized spacial score (nSPS) is 13.0. The molecule has 2 aromatic heterocycles. The number of H-pyrrole nitrogens is 1. The fourth-order valence-electron chi connectivity index (χ4n) is 2.32. The van der Waals surface area contributed by atoms with E-state index in [9.17, 15) is 4.79 Å². The first-order valence-corrected chi connectivity index (χ1v) is 6.82. The number of anilines is 1. The number of nitrogens with one attached hydrogen (secondary N) is 2. The molecule has 1 aliphatic heterocycles. The molecule has 0 saturated carbocycles. The second-order valence-electron chi connectivity index (χ2n) is 4.67. The zero-order valence-corrected chi connectivity index (χ0v) is 11.8. The quantitative estimate of drug-likeness (QED) is 0.691. The highest BCUT2D eigenvalue weighted by atomic mass is 16.7. The topological polar surface area (TPSA) is 103 Å². The van der Waals surface area contributed by atoms with Crippen LogP contribution in [0.25, 0.3) is 16.8 Å². The molecule has 114 valence electrons. The van der Waals surface area contributed by atoms with Gasteiger partial charge >= 0.3 is 5.97 Å². The molecule has 0 spiro atoms. The molecule has 0 saturated heterocycles. The standard InChI is InChI=1S/C13H13N5O4/c1-2-20-11(19)5-14-12-16-13-15-7-3-9-10(22-6-21-9)4-8(7)18(13)17-12/h3-4H,2,5-6H2,1H3,(H2,14,15,16,17). The van der Waals surface area contributed by atoms with Gasteiger partial charge in [-0.1, -0.05) is 0 Å². The van der Waals surface area contributed by atoms with E-state index in [1.54, 1.807) is 11.4 Å². The van der Waals surface area contributed by atoms with Crippen LogP contribution in [0, 0.1) is 0 Å². The predicted octanol–water partition coefficient (Wildman–Crippen LogP) is 0.914. The molecule has 22 heavy (non-hydrogen) atoms. The second kappa shape index (κ2) is 4.79. The summed E-state index contributed by atoms with van der Waals surface area (Å²) >= 11 is 0. The van der Waals surface area contributed by atoms with Gasteiger partial charge in [0.25, 0.3) is 5.78 Å². The van der Waals surface area contributed by atoms with Gasteiger partial charge in [0.05, 0.1) is 17.6 Å². The highest BCUT2D eigenvalue weighted by Crippen LogP contribution is 2.35. The van der Waals surface area contributed by atoms with E-state index in [-0.39, 0.29) is 19.3 Å². The third kappa shape index (κ3) is 1.98. The number of carbonyl (C=O) groups excluding carboxylic acids is 1. The highest BCUT2D eigenvalue weighted by molar-refractivity contribution is 5.83. The van der Waals surface area contributed by atoms with Crippen molar-refractivity contribution in [2.75, 3.05) is 25.3 Å². The summed E-state index contributed by atoms with van der Waals surface area (Å²) in [4.78, 5) is 20.0. The third-order valence-electron chi connectivity index (χ3n) is 3.27. The summed E-state index contributed by atoms with van der Waals surface area (Å²) in [5, 5.41) is 5.90. The summed E-state index contributed by atoms with van der Waals surface area (Å²) in [6, 6.07) is 3.65. The number of nitrogens with zero attached hydrogens (tertiary/aromatic N) is 3. The summed E-state index contributed by atoms with van der Waals surface area (Å²) in [6.45, 7) is 2.36. The van der Waals surface area contributed by atoms with Crippen LogP contribution in [0.15, 0.2) is 12.1 Å². The van der Waals surface area contributed by atoms with Gasteiger partial charge in [0.1, 0.15) is 6.54 Å². The predicted molar refractivity (Wildman–Crippen MR) is 76.1 cm³/mol. The van der Waals surface area contributed by atoms with Crippen LogP contribution in [0.3, 0.4) is 0 Å². The van der Waals surface area contributed by atoms with Crippen molar-refractivity contribution in [3.8, 4) is 11.5 Å². The van der Waals surface area contributed by atoms with Crippen LogP contribution >= 0.6 is 0 Å². The smallest absolute Gasteiger partial charge is 0.325 e. The van der Waals surface area contributed by atoms with E-state index in [0.717, 1.165) is 11.0 Å². The highest BCUT2D eigenvalue weighted by Gasteiger charge is 2.18. The Labute approximate surface area is 124 Å². The molecule has 3 heterocycles. The van der Waals surface area contributed by atoms with Crippen LogP contribution in [0.5, 0.6) is 11.5 Å². The minimum Gasteiger partial charge on any atom is -0.465 e. The van der Waals surface area contributed by atoms with E-state index < -0.39 is 0 Å². The number of hydrogen-bond acceptors (Lipinski definition) is 7. The summed E-state index contributed by atoms with van der Waals surface area (Å²) in [5.41, 5.74) is 1.57. The minimum atomic E-state index is -0.343. The lowest BCUT2D eigenvalue weighted by atomic mass is 10.3. The zero-order valence-electron chi connectivity index (χ0n) is 11.8. The molecule has 0 atom stereocenters. The number of esters is 1. The SMILES string of the molecule is CCOC(=O)CNc1nc2nc3cc4c(cc3n2[nH]1)OCO4. The molecule has 3 aromatic rings. The summed E-state index contributed by atoms with van der Waals surface area (Å²) in [7, 11) is 0. The molecular formula is C13H13N5O4. The van der Waals surface area contributed by atoms with Crippen LogP contribution in [0.4, 0.5) is 5.95 Å². The number of aromatic nitrogens is 4. The maximum absolute atomic E-state index is 11.3. The van der Waals surface area contributed by atoms with Gasteiger partial charge in [-0.3, -0.25) is 9.89 Å². The van der Waals surface area contributed by atoms with Crippen molar-refractivity contribution in [2.24, 2.45) is 0 Å². The Morgan fingerprint density at radius 3 is 3.05 bits per heavy atom. The molecule has 0 fully saturated rings. The zero-order chi connectivity index (χ0) is 15.1. The molecule has 0 amide bonds. The van der Waals surface area contributed by atoms with E-state index in [0.29, 0.717) is 29.8 Å². The Morgan fingerprint density at radius 1 is 1.41 bits per heavy atom. The first-order valence-electron chi connectivity index (χ1n) is 6.82. The fraction of sp³-hybridized carbons (Fsp3) is 0.308. The van der Waals surface area contributed by atoms with Crippen molar-refractivity contribution in [3.63, 3.8) is 0 Å². The van der Waals surface area contributed by atoms with Gasteiger partial charge in [-0.25, -0.2) is 9.50 Å². The average molecular weight is 303 g/mol. The molecule has 0 unspecified atom stereocenters. The van der Waals surface area contributed by atoms with Gasteiger partial charge in [0, 0.05) is 12.1 Å². The molecule has 1 aliphatic rings. The maximum Gasteiger partial charge on any atom is 0.325 e. The molecule has 2 N–H and O–H groups in total. The lowest BCUT2D eigenvalue weighted by Gasteiger charge is -2.02. The largest absolute Gasteiger partial charge is 0.465 e. The van der Waals surface area contributed by atoms with Crippen LogP contribution in [0.1, 0.15) is 6.92 Å². The Kier molecular flexibility index (Phi) is 2.78. The van der Waals surface area contributed by atoms with Gasteiger partial charge in [0.2, 0.25) is 12.7 Å². The minimum absolute atomic E-state index is 0.0365. The summed E-state index contributed by atoms with van der Waals surface area (Å²) in [6.07, 6.45) is 0. The van der Waals surface area contributed by atoms with Crippen molar-refractivity contribution >= 4 is 28.7 Å². The van der Waals surface area contributed by atoms with Crippen LogP contribution < -0.4 is 14.8 Å². The number of carbonyl (C=O) groups is 1. The molecule has 4 rings (SSSR count). The first-order chi connectivity index (χ1) is 10.7. The summed E-state index contributed by atoms with van der Waals surface area (Å²) < 4.78 is 17.2. The van der Waals surface area contributed by atoms with E-state index in [1.165, 1.54) is 0 Å². The van der Waals surface area contributed by atoms with Crippen molar-refractivity contribution < 1.29 is 19.0 Å². The van der Waals surface area contributed by atoms with Crippen molar-refractivity contribution in [2.45, 2.75) is 6.92 Å². The van der Waals surface area contributed by atoms with Crippen LogP contribution in [-0.2, 0) is 9.53 Å². The number of rotatable bonds is 4. The van der Waals surface area contributed by atoms with Gasteiger partial charge in [-0.2, -0.15) is 4.98 Å². The third-order valence-corrected chi connectivity index (χ3v) is 3.27. The lowest BCUT2D eigenvalue weighted by Crippen LogP contribution is -2.17. The van der Waals surface area contributed by atoms with Crippen molar-refractivity contribution in [1.29, 1.82) is 0 Å². The molecule has 0 radical (unpaired) electrons. The molecular weight excluding hydrogens is 290 g/mol. The monoisotopic (exact) mass is 303 g/mol. The average Bonchev–Trinajstić information content (AvgIpc) is 3.16. The Hall–Kier alpha value is -2.97. The number of aromatic amines is 1. The van der Waals surface area contributed by atoms with Crippen LogP contribution in [-0.4, -0.2) is 45.5 Å². The van der Waals surface area contributed by atoms with E-state index in [2.05, 4.69) is 20.4 Å². The molecule has 9 nitrogen and oxygen atoms in total. The van der Waals surface area contributed by atoms with Gasteiger partial charge in [0.15, 0.2) is 11.5 Å². The maximum atomic E-state index is 11.3. The van der Waals surface area contributed by atoms with Gasteiger partial charge in [-0.15, -0.1) is 0 Å². The van der Waals surface area contributed by atoms with E-state index >= 15 is 0 Å². The first kappa shape index (κ1) is 12.7. The number of benzene rings is 1. The molecule has 9 heteroatoms. The number of imidazole rings is 1. The van der Waals surface area contributed by atoms with Crippen LogP contribution in [0.2, 0.25) is 0 Å². The number of fused-ring (bicyclic) bond motifs is 4. The van der Waals surface area contributed by atoms with Gasteiger partial charge in [-0.05, 0) is 6.92 Å². The number of hydrogen-bond donors (Lipinski definition) is 2. The fourth-order valence-corrected chi connectivity index (χ4v) is 2.32. The molecule has 0 bridgehead atoms.